The number of rotatable bonds is 3. The predicted octanol–water partition coefficient (Wildman–Crippen LogP) is 3.64. The number of fused-ring (bicyclic) bond motifs is 2. The van der Waals surface area contributed by atoms with Gasteiger partial charge in [0.15, 0.2) is 22.9 Å². The van der Waals surface area contributed by atoms with Crippen molar-refractivity contribution in [3.63, 3.8) is 0 Å². The second-order valence-electron chi connectivity index (χ2n) is 7.95. The molecule has 1 aliphatic rings. The van der Waals surface area contributed by atoms with Crippen LogP contribution in [0.5, 0.6) is 0 Å². The van der Waals surface area contributed by atoms with Crippen molar-refractivity contribution >= 4 is 45.6 Å². The standard InChI is InChI=1S/C20H22ClFN8/c1-10-6-29(7-11(2)23-10)16-5-14(21)17-18(27-28-19(17)26-16)25-13-4-15(22)20-24-12(3)8-30(20)9-13/h4-5,8-11,23H,6-7H2,1-3H3,(H2,25,26,27,28)/t10-,11-/m1/s1. The molecule has 5 heterocycles. The molecule has 0 bridgehead atoms. The molecule has 4 aromatic heterocycles. The monoisotopic (exact) mass is 428 g/mol. The zero-order valence-electron chi connectivity index (χ0n) is 16.9. The van der Waals surface area contributed by atoms with Crippen LogP contribution in [0.25, 0.3) is 16.7 Å². The highest BCUT2D eigenvalue weighted by Gasteiger charge is 2.24. The third-order valence-corrected chi connectivity index (χ3v) is 5.54. The van der Waals surface area contributed by atoms with Gasteiger partial charge in [0, 0.05) is 49.7 Å². The third kappa shape index (κ3) is 3.33. The van der Waals surface area contributed by atoms with Crippen molar-refractivity contribution in [3.05, 3.63) is 41.1 Å². The second-order valence-corrected chi connectivity index (χ2v) is 8.35. The van der Waals surface area contributed by atoms with Crippen molar-refractivity contribution in [1.82, 2.24) is 29.9 Å². The first-order valence-corrected chi connectivity index (χ1v) is 10.2. The summed E-state index contributed by atoms with van der Waals surface area (Å²) in [6.45, 7) is 7.82. The van der Waals surface area contributed by atoms with Crippen LogP contribution in [-0.4, -0.2) is 49.7 Å². The van der Waals surface area contributed by atoms with Gasteiger partial charge in [-0.2, -0.15) is 5.10 Å². The van der Waals surface area contributed by atoms with E-state index in [2.05, 4.69) is 44.6 Å². The van der Waals surface area contributed by atoms with Crippen LogP contribution < -0.4 is 15.5 Å². The van der Waals surface area contributed by atoms with E-state index < -0.39 is 5.82 Å². The maximum atomic E-state index is 14.4. The number of nitrogens with one attached hydrogen (secondary N) is 3. The van der Waals surface area contributed by atoms with Gasteiger partial charge in [-0.05, 0) is 20.8 Å². The minimum atomic E-state index is -0.415. The minimum Gasteiger partial charge on any atom is -0.353 e. The Labute approximate surface area is 177 Å². The Balaban J connectivity index is 1.49. The molecular weight excluding hydrogens is 407 g/mol. The molecule has 3 N–H and O–H groups in total. The summed E-state index contributed by atoms with van der Waals surface area (Å²) in [6, 6.07) is 3.97. The Morgan fingerprint density at radius 3 is 2.70 bits per heavy atom. The maximum Gasteiger partial charge on any atom is 0.173 e. The van der Waals surface area contributed by atoms with Gasteiger partial charge in [0.05, 0.1) is 21.8 Å². The first-order chi connectivity index (χ1) is 14.4. The van der Waals surface area contributed by atoms with Crippen molar-refractivity contribution in [2.45, 2.75) is 32.9 Å². The summed E-state index contributed by atoms with van der Waals surface area (Å²) in [5, 5.41) is 15.1. The molecule has 8 nitrogen and oxygen atoms in total. The van der Waals surface area contributed by atoms with Crippen molar-refractivity contribution < 1.29 is 4.39 Å². The Bertz CT molecular complexity index is 1240. The summed E-state index contributed by atoms with van der Waals surface area (Å²) >= 11 is 6.63. The van der Waals surface area contributed by atoms with E-state index in [0.717, 1.165) is 24.6 Å². The van der Waals surface area contributed by atoms with Crippen molar-refractivity contribution in [2.75, 3.05) is 23.3 Å². The lowest BCUT2D eigenvalue weighted by atomic mass is 10.1. The van der Waals surface area contributed by atoms with E-state index in [9.17, 15) is 4.39 Å². The lowest BCUT2D eigenvalue weighted by molar-refractivity contribution is 0.405. The van der Waals surface area contributed by atoms with Crippen LogP contribution in [0.3, 0.4) is 0 Å². The summed E-state index contributed by atoms with van der Waals surface area (Å²) in [4.78, 5) is 11.1. The molecule has 0 unspecified atom stereocenters. The molecule has 0 amide bonds. The lowest BCUT2D eigenvalue weighted by Crippen LogP contribution is -2.54. The van der Waals surface area contributed by atoms with E-state index in [1.807, 2.05) is 13.0 Å². The van der Waals surface area contributed by atoms with Crippen LogP contribution in [0.1, 0.15) is 19.5 Å². The molecule has 0 radical (unpaired) electrons. The number of nitrogens with zero attached hydrogens (tertiary/aromatic N) is 5. The van der Waals surface area contributed by atoms with E-state index in [0.29, 0.717) is 39.6 Å². The van der Waals surface area contributed by atoms with Gasteiger partial charge < -0.3 is 19.9 Å². The van der Waals surface area contributed by atoms with Gasteiger partial charge >= 0.3 is 0 Å². The molecule has 30 heavy (non-hydrogen) atoms. The second kappa shape index (κ2) is 7.10. The molecule has 1 aliphatic heterocycles. The number of halogens is 2. The fourth-order valence-electron chi connectivity index (χ4n) is 4.12. The molecule has 0 spiro atoms. The van der Waals surface area contributed by atoms with Gasteiger partial charge in [-0.25, -0.2) is 14.4 Å². The molecule has 1 fully saturated rings. The van der Waals surface area contributed by atoms with Crippen LogP contribution in [0.15, 0.2) is 24.5 Å². The number of hydrogen-bond donors (Lipinski definition) is 3. The van der Waals surface area contributed by atoms with Gasteiger partial charge in [-0.3, -0.25) is 5.10 Å². The van der Waals surface area contributed by atoms with E-state index in [1.54, 1.807) is 16.8 Å². The van der Waals surface area contributed by atoms with Gasteiger partial charge in [0.25, 0.3) is 0 Å². The summed E-state index contributed by atoms with van der Waals surface area (Å²) in [5.74, 6) is 0.886. The first-order valence-electron chi connectivity index (χ1n) is 9.85. The molecule has 0 aliphatic carbocycles. The van der Waals surface area contributed by atoms with Crippen LogP contribution in [0.4, 0.5) is 21.7 Å². The molecular formula is C20H22ClFN8. The maximum absolute atomic E-state index is 14.4. The fourth-order valence-corrected chi connectivity index (χ4v) is 4.40. The van der Waals surface area contributed by atoms with E-state index in [4.69, 9.17) is 16.6 Å². The largest absolute Gasteiger partial charge is 0.353 e. The Kier molecular flexibility index (Phi) is 4.52. The fraction of sp³-hybridized carbons (Fsp3) is 0.350. The van der Waals surface area contributed by atoms with Crippen LogP contribution in [0.2, 0.25) is 5.02 Å². The molecule has 1 saturated heterocycles. The zero-order valence-corrected chi connectivity index (χ0v) is 17.6. The van der Waals surface area contributed by atoms with Crippen LogP contribution >= 0.6 is 11.6 Å². The van der Waals surface area contributed by atoms with Crippen molar-refractivity contribution in [3.8, 4) is 0 Å². The summed E-state index contributed by atoms with van der Waals surface area (Å²) in [5.41, 5.74) is 2.15. The van der Waals surface area contributed by atoms with E-state index in [-0.39, 0.29) is 5.65 Å². The quantitative estimate of drug-likeness (QED) is 0.462. The molecule has 0 saturated carbocycles. The van der Waals surface area contributed by atoms with E-state index >= 15 is 0 Å². The SMILES string of the molecule is Cc1cn2cc(Nc3n[nH]c4nc(N5C[C@@H](C)N[C@H](C)C5)cc(Cl)c34)cc(F)c2n1. The Morgan fingerprint density at radius 2 is 1.93 bits per heavy atom. The number of aromatic nitrogens is 5. The smallest absolute Gasteiger partial charge is 0.173 e. The highest BCUT2D eigenvalue weighted by molar-refractivity contribution is 6.36. The minimum absolute atomic E-state index is 0.286. The lowest BCUT2D eigenvalue weighted by Gasteiger charge is -2.36. The van der Waals surface area contributed by atoms with Gasteiger partial charge in [0.1, 0.15) is 5.82 Å². The van der Waals surface area contributed by atoms with Crippen molar-refractivity contribution in [1.29, 1.82) is 0 Å². The number of piperazine rings is 1. The Hall–Kier alpha value is -2.91. The van der Waals surface area contributed by atoms with Crippen molar-refractivity contribution in [2.24, 2.45) is 0 Å². The molecule has 5 rings (SSSR count). The topological polar surface area (TPSA) is 86.2 Å². The number of hydrogen-bond acceptors (Lipinski definition) is 6. The number of imidazole rings is 1. The first kappa shape index (κ1) is 19.1. The summed E-state index contributed by atoms with van der Waals surface area (Å²) < 4.78 is 16.0. The van der Waals surface area contributed by atoms with Gasteiger partial charge in [0.2, 0.25) is 0 Å². The summed E-state index contributed by atoms with van der Waals surface area (Å²) in [6.07, 6.45) is 3.53. The van der Waals surface area contributed by atoms with Gasteiger partial charge in [-0.1, -0.05) is 11.6 Å². The van der Waals surface area contributed by atoms with Crippen LogP contribution in [-0.2, 0) is 0 Å². The molecule has 2 atom stereocenters. The molecule has 0 aromatic carbocycles. The van der Waals surface area contributed by atoms with Crippen LogP contribution in [0, 0.1) is 12.7 Å². The van der Waals surface area contributed by atoms with Gasteiger partial charge in [-0.15, -0.1) is 0 Å². The highest BCUT2D eigenvalue weighted by Crippen LogP contribution is 2.33. The number of H-pyrrole nitrogens is 1. The number of anilines is 3. The predicted molar refractivity (Wildman–Crippen MR) is 116 cm³/mol. The molecule has 4 aromatic rings. The van der Waals surface area contributed by atoms with E-state index in [1.165, 1.54) is 6.07 Å². The molecule has 10 heteroatoms. The third-order valence-electron chi connectivity index (χ3n) is 5.24. The Morgan fingerprint density at radius 1 is 1.17 bits per heavy atom. The average molecular weight is 429 g/mol. The number of pyridine rings is 2. The number of aryl methyl sites for hydroxylation is 1. The highest BCUT2D eigenvalue weighted by atomic mass is 35.5. The average Bonchev–Trinajstić information content (AvgIpc) is 3.24. The molecule has 156 valence electrons. The number of aromatic amines is 1. The summed E-state index contributed by atoms with van der Waals surface area (Å²) in [7, 11) is 0. The zero-order chi connectivity index (χ0) is 21.0. The normalized spacial score (nSPS) is 19.7.